The number of alkyl halides is 2. The molecule has 0 spiro atoms. The molecular formula is C8H8F2S. The molecule has 0 nitrogen and oxygen atoms in total. The summed E-state index contributed by atoms with van der Waals surface area (Å²) in [5.41, 5.74) is 0.651. The molecule has 0 unspecified atom stereocenters. The van der Waals surface area contributed by atoms with E-state index in [1.165, 1.54) is 0 Å². The zero-order chi connectivity index (χ0) is 8.27. The smallest absolute Gasteiger partial charge is 0.210 e. The molecule has 0 atom stereocenters. The summed E-state index contributed by atoms with van der Waals surface area (Å²) in [6, 6.07) is 6.74. The van der Waals surface area contributed by atoms with Gasteiger partial charge in [0.2, 0.25) is 6.43 Å². The Labute approximate surface area is 69.6 Å². The van der Waals surface area contributed by atoms with E-state index >= 15 is 0 Å². The number of halogens is 2. The van der Waals surface area contributed by atoms with E-state index in [0.717, 1.165) is 4.90 Å². The van der Waals surface area contributed by atoms with Crippen LogP contribution in [0.4, 0.5) is 8.78 Å². The number of hydrogen-bond donors (Lipinski definition) is 1. The first-order valence-electron chi connectivity index (χ1n) is 3.24. The van der Waals surface area contributed by atoms with Gasteiger partial charge in [0, 0.05) is 11.3 Å². The second-order valence-electron chi connectivity index (χ2n) is 2.26. The van der Waals surface area contributed by atoms with Crippen molar-refractivity contribution in [1.29, 1.82) is 0 Å². The molecule has 0 fully saturated rings. The van der Waals surface area contributed by atoms with Crippen molar-refractivity contribution in [3.63, 3.8) is 0 Å². The van der Waals surface area contributed by atoms with Crippen LogP contribution in [0.2, 0.25) is 0 Å². The molecule has 1 aromatic rings. The summed E-state index contributed by atoms with van der Waals surface area (Å²) in [6.45, 7) is 0. The molecule has 0 amide bonds. The van der Waals surface area contributed by atoms with Gasteiger partial charge in [-0.05, 0) is 17.7 Å². The van der Waals surface area contributed by atoms with E-state index in [1.54, 1.807) is 24.3 Å². The Morgan fingerprint density at radius 2 is 1.73 bits per heavy atom. The summed E-state index contributed by atoms with van der Waals surface area (Å²) in [6.07, 6.45) is -2.44. The largest absolute Gasteiger partial charge is 0.242 e. The van der Waals surface area contributed by atoms with E-state index in [2.05, 4.69) is 12.6 Å². The van der Waals surface area contributed by atoms with Crippen molar-refractivity contribution in [3.8, 4) is 0 Å². The van der Waals surface area contributed by atoms with E-state index in [-0.39, 0.29) is 6.42 Å². The Hall–Kier alpha value is -0.570. The first kappa shape index (κ1) is 8.53. The second kappa shape index (κ2) is 3.72. The van der Waals surface area contributed by atoms with Crippen LogP contribution in [-0.4, -0.2) is 6.43 Å². The summed E-state index contributed by atoms with van der Waals surface area (Å²) in [7, 11) is 0. The molecule has 0 aliphatic rings. The standard InChI is InChI=1S/C8H8F2S/c9-8(10)5-6-1-3-7(11)4-2-6/h1-4,8,11H,5H2. The third-order valence-electron chi connectivity index (χ3n) is 1.33. The Morgan fingerprint density at radius 3 is 2.18 bits per heavy atom. The Balaban J connectivity index is 2.66. The average Bonchev–Trinajstić information content (AvgIpc) is 1.93. The highest BCUT2D eigenvalue weighted by atomic mass is 32.1. The van der Waals surface area contributed by atoms with Crippen LogP contribution in [0.1, 0.15) is 5.56 Å². The third kappa shape index (κ3) is 2.89. The van der Waals surface area contributed by atoms with Gasteiger partial charge in [0.25, 0.3) is 0 Å². The van der Waals surface area contributed by atoms with Crippen LogP contribution < -0.4 is 0 Å². The molecule has 0 bridgehead atoms. The highest BCUT2D eigenvalue weighted by Crippen LogP contribution is 2.10. The van der Waals surface area contributed by atoms with Crippen LogP contribution in [0, 0.1) is 0 Å². The molecule has 3 heteroatoms. The van der Waals surface area contributed by atoms with Crippen LogP contribution in [-0.2, 0) is 6.42 Å². The fourth-order valence-corrected chi connectivity index (χ4v) is 0.959. The zero-order valence-electron chi connectivity index (χ0n) is 5.80. The quantitative estimate of drug-likeness (QED) is 0.655. The van der Waals surface area contributed by atoms with Gasteiger partial charge in [-0.25, -0.2) is 8.78 Å². The molecule has 0 saturated carbocycles. The summed E-state index contributed by atoms with van der Waals surface area (Å²) >= 11 is 4.03. The molecule has 0 aliphatic heterocycles. The molecule has 0 heterocycles. The van der Waals surface area contributed by atoms with Crippen molar-refractivity contribution < 1.29 is 8.78 Å². The lowest BCUT2D eigenvalue weighted by molar-refractivity contribution is 0.149. The van der Waals surface area contributed by atoms with Gasteiger partial charge >= 0.3 is 0 Å². The molecule has 11 heavy (non-hydrogen) atoms. The molecule has 0 N–H and O–H groups in total. The molecule has 0 aliphatic carbocycles. The van der Waals surface area contributed by atoms with Crippen LogP contribution in [0.5, 0.6) is 0 Å². The molecule has 0 radical (unpaired) electrons. The van der Waals surface area contributed by atoms with Gasteiger partial charge in [-0.15, -0.1) is 12.6 Å². The third-order valence-corrected chi connectivity index (χ3v) is 1.62. The molecule has 0 saturated heterocycles. The normalized spacial score (nSPS) is 10.5. The van der Waals surface area contributed by atoms with Crippen molar-refractivity contribution in [2.24, 2.45) is 0 Å². The van der Waals surface area contributed by atoms with E-state index in [1.807, 2.05) is 0 Å². The first-order chi connectivity index (χ1) is 5.18. The monoisotopic (exact) mass is 174 g/mol. The van der Waals surface area contributed by atoms with Crippen LogP contribution in [0.25, 0.3) is 0 Å². The molecule has 60 valence electrons. The van der Waals surface area contributed by atoms with E-state index in [9.17, 15) is 8.78 Å². The summed E-state index contributed by atoms with van der Waals surface area (Å²) in [4.78, 5) is 0.794. The second-order valence-corrected chi connectivity index (χ2v) is 2.78. The van der Waals surface area contributed by atoms with E-state index in [4.69, 9.17) is 0 Å². The van der Waals surface area contributed by atoms with E-state index < -0.39 is 6.43 Å². The van der Waals surface area contributed by atoms with Crippen molar-refractivity contribution >= 4 is 12.6 Å². The summed E-state index contributed by atoms with van der Waals surface area (Å²) < 4.78 is 23.6. The van der Waals surface area contributed by atoms with Crippen molar-refractivity contribution in [3.05, 3.63) is 29.8 Å². The maximum absolute atomic E-state index is 11.8. The minimum atomic E-state index is -2.26. The van der Waals surface area contributed by atoms with Crippen LogP contribution in [0.3, 0.4) is 0 Å². The minimum absolute atomic E-state index is 0.173. The molecular weight excluding hydrogens is 166 g/mol. The van der Waals surface area contributed by atoms with Crippen molar-refractivity contribution in [2.75, 3.05) is 0 Å². The number of thiol groups is 1. The maximum Gasteiger partial charge on any atom is 0.242 e. The molecule has 0 aromatic heterocycles. The SMILES string of the molecule is FC(F)Cc1ccc(S)cc1. The zero-order valence-corrected chi connectivity index (χ0v) is 6.69. The fourth-order valence-electron chi connectivity index (χ4n) is 0.810. The highest BCUT2D eigenvalue weighted by Gasteiger charge is 2.02. The number of hydrogen-bond acceptors (Lipinski definition) is 1. The Bertz CT molecular complexity index is 218. The van der Waals surface area contributed by atoms with Crippen molar-refractivity contribution in [1.82, 2.24) is 0 Å². The van der Waals surface area contributed by atoms with Gasteiger partial charge in [0.15, 0.2) is 0 Å². The molecule has 1 rings (SSSR count). The van der Waals surface area contributed by atoms with Crippen LogP contribution >= 0.6 is 12.6 Å². The van der Waals surface area contributed by atoms with Gasteiger partial charge in [-0.3, -0.25) is 0 Å². The summed E-state index contributed by atoms with van der Waals surface area (Å²) in [5.74, 6) is 0. The van der Waals surface area contributed by atoms with Crippen molar-refractivity contribution in [2.45, 2.75) is 17.7 Å². The van der Waals surface area contributed by atoms with Gasteiger partial charge in [-0.2, -0.15) is 0 Å². The first-order valence-corrected chi connectivity index (χ1v) is 3.69. The topological polar surface area (TPSA) is 0 Å². The fraction of sp³-hybridized carbons (Fsp3) is 0.250. The lowest BCUT2D eigenvalue weighted by atomic mass is 10.2. The van der Waals surface area contributed by atoms with Gasteiger partial charge in [0.05, 0.1) is 0 Å². The predicted molar refractivity (Wildman–Crippen MR) is 43.4 cm³/mol. The average molecular weight is 174 g/mol. The lowest BCUT2D eigenvalue weighted by Gasteiger charge is -1.99. The Morgan fingerprint density at radius 1 is 1.18 bits per heavy atom. The lowest BCUT2D eigenvalue weighted by Crippen LogP contribution is -1.95. The highest BCUT2D eigenvalue weighted by molar-refractivity contribution is 7.80. The maximum atomic E-state index is 11.8. The van der Waals surface area contributed by atoms with E-state index in [0.29, 0.717) is 5.56 Å². The Kier molecular flexibility index (Phi) is 2.88. The van der Waals surface area contributed by atoms with Gasteiger partial charge in [-0.1, -0.05) is 12.1 Å². The minimum Gasteiger partial charge on any atom is -0.210 e. The van der Waals surface area contributed by atoms with Gasteiger partial charge < -0.3 is 0 Å². The van der Waals surface area contributed by atoms with Gasteiger partial charge in [0.1, 0.15) is 0 Å². The summed E-state index contributed by atoms with van der Waals surface area (Å²) in [5, 5.41) is 0. The predicted octanol–water partition coefficient (Wildman–Crippen LogP) is 2.78. The van der Waals surface area contributed by atoms with Crippen LogP contribution in [0.15, 0.2) is 29.2 Å². The molecule has 1 aromatic carbocycles. The number of rotatable bonds is 2. The number of benzene rings is 1.